The van der Waals surface area contributed by atoms with E-state index in [-0.39, 0.29) is 32.8 Å². The molecule has 1 heterocycles. The van der Waals surface area contributed by atoms with E-state index in [0.717, 1.165) is 24.3 Å². The average Bonchev–Trinajstić information content (AvgIpc) is 2.63. The van der Waals surface area contributed by atoms with E-state index >= 15 is 0 Å². The van der Waals surface area contributed by atoms with E-state index in [0.29, 0.717) is 6.07 Å². The van der Waals surface area contributed by atoms with Crippen LogP contribution in [-0.4, -0.2) is 10.9 Å². The minimum atomic E-state index is -4.85. The van der Waals surface area contributed by atoms with Crippen LogP contribution in [0.15, 0.2) is 42.6 Å². The smallest absolute Gasteiger partial charge is 0.398 e. The molecule has 0 spiro atoms. The average molecular weight is 459 g/mol. The first-order valence-corrected chi connectivity index (χ1v) is 8.91. The number of rotatable bonds is 3. The first-order chi connectivity index (χ1) is 14.0. The van der Waals surface area contributed by atoms with Crippen LogP contribution in [0.25, 0.3) is 11.1 Å². The van der Waals surface area contributed by atoms with Gasteiger partial charge in [0.05, 0.1) is 33.1 Å². The van der Waals surface area contributed by atoms with Gasteiger partial charge in [-0.25, -0.2) is 9.37 Å². The molecule has 5 N–H and O–H groups in total. The number of benzene rings is 2. The topological polar surface area (TPSA) is 94.0 Å². The second-order valence-corrected chi connectivity index (χ2v) is 6.97. The van der Waals surface area contributed by atoms with Gasteiger partial charge < -0.3 is 16.8 Å². The van der Waals surface area contributed by atoms with Crippen LogP contribution in [0.5, 0.6) is 0 Å². The Kier molecular flexibility index (Phi) is 5.78. The number of alkyl halides is 3. The maximum atomic E-state index is 13.7. The summed E-state index contributed by atoms with van der Waals surface area (Å²) in [4.78, 5) is 16.3. The van der Waals surface area contributed by atoms with Crippen LogP contribution >= 0.6 is 23.2 Å². The van der Waals surface area contributed by atoms with E-state index in [2.05, 4.69) is 10.3 Å². The predicted octanol–water partition coefficient (Wildman–Crippen LogP) is 5.63. The molecule has 0 saturated carbocycles. The van der Waals surface area contributed by atoms with Crippen LogP contribution in [0.2, 0.25) is 10.0 Å². The highest BCUT2D eigenvalue weighted by atomic mass is 35.5. The van der Waals surface area contributed by atoms with Crippen LogP contribution < -0.4 is 16.8 Å². The zero-order valence-corrected chi connectivity index (χ0v) is 16.3. The molecule has 0 aliphatic rings. The van der Waals surface area contributed by atoms with Gasteiger partial charge in [-0.15, -0.1) is 0 Å². The van der Waals surface area contributed by atoms with Crippen molar-refractivity contribution in [2.24, 2.45) is 0 Å². The van der Waals surface area contributed by atoms with E-state index in [1.807, 2.05) is 0 Å². The molecule has 0 saturated heterocycles. The number of nitrogens with two attached hydrogens (primary N) is 2. The third-order valence-corrected chi connectivity index (χ3v) is 4.70. The number of nitrogen functional groups attached to an aromatic ring is 2. The fraction of sp³-hybridized carbons (Fsp3) is 0.0526. The summed E-state index contributed by atoms with van der Waals surface area (Å²) in [5, 5.41) is 2.14. The molecule has 1 aromatic heterocycles. The van der Waals surface area contributed by atoms with Gasteiger partial charge in [0.15, 0.2) is 0 Å². The Labute approximate surface area is 177 Å². The molecular formula is C19H12Cl2F4N4O. The standard InChI is InChI=1S/C19H12Cl2F4N4O/c20-14-6-11(10-2-1-8(22)3-16(10)26)13(19(23,24)25)5-12(14)18(30)29-9-4-15(21)17(27)28-7-9/h1-7H,26H2,(H2,27,28)(H,29,30). The van der Waals surface area contributed by atoms with Gasteiger partial charge >= 0.3 is 6.18 Å². The number of amides is 1. The lowest BCUT2D eigenvalue weighted by Crippen LogP contribution is -2.16. The SMILES string of the molecule is Nc1cc(F)ccc1-c1cc(Cl)c(C(=O)Nc2cnc(N)c(Cl)c2)cc1C(F)(F)F. The Morgan fingerprint density at radius 3 is 2.30 bits per heavy atom. The fourth-order valence-electron chi connectivity index (χ4n) is 2.70. The number of pyridine rings is 1. The molecule has 0 bridgehead atoms. The molecule has 3 rings (SSSR count). The summed E-state index contributed by atoms with van der Waals surface area (Å²) in [6.45, 7) is 0. The van der Waals surface area contributed by atoms with Gasteiger partial charge in [-0.2, -0.15) is 13.2 Å². The highest BCUT2D eigenvalue weighted by Gasteiger charge is 2.36. The Morgan fingerprint density at radius 1 is 1.00 bits per heavy atom. The van der Waals surface area contributed by atoms with Gasteiger partial charge in [0, 0.05) is 11.3 Å². The molecule has 30 heavy (non-hydrogen) atoms. The normalized spacial score (nSPS) is 11.4. The van der Waals surface area contributed by atoms with Crippen molar-refractivity contribution in [3.8, 4) is 11.1 Å². The van der Waals surface area contributed by atoms with E-state index in [1.54, 1.807) is 0 Å². The van der Waals surface area contributed by atoms with Crippen molar-refractivity contribution in [3.63, 3.8) is 0 Å². The fourth-order valence-corrected chi connectivity index (χ4v) is 3.11. The van der Waals surface area contributed by atoms with Gasteiger partial charge in [0.2, 0.25) is 0 Å². The summed E-state index contributed by atoms with van der Waals surface area (Å²) in [6.07, 6.45) is -3.66. The predicted molar refractivity (Wildman–Crippen MR) is 108 cm³/mol. The van der Waals surface area contributed by atoms with E-state index in [9.17, 15) is 22.4 Å². The quantitative estimate of drug-likeness (QED) is 0.350. The monoisotopic (exact) mass is 458 g/mol. The summed E-state index contributed by atoms with van der Waals surface area (Å²) in [7, 11) is 0. The lowest BCUT2D eigenvalue weighted by atomic mass is 9.95. The number of hydrogen-bond acceptors (Lipinski definition) is 4. The lowest BCUT2D eigenvalue weighted by Gasteiger charge is -2.17. The molecule has 0 unspecified atom stereocenters. The van der Waals surface area contributed by atoms with Crippen molar-refractivity contribution < 1.29 is 22.4 Å². The van der Waals surface area contributed by atoms with Crippen LogP contribution in [0.1, 0.15) is 15.9 Å². The highest BCUT2D eigenvalue weighted by Crippen LogP contribution is 2.41. The Hall–Kier alpha value is -3.04. The van der Waals surface area contributed by atoms with Gasteiger partial charge in [-0.1, -0.05) is 23.2 Å². The minimum absolute atomic E-state index is 0.0216. The molecule has 5 nitrogen and oxygen atoms in total. The zero-order valence-electron chi connectivity index (χ0n) is 14.8. The first kappa shape index (κ1) is 21.7. The van der Waals surface area contributed by atoms with Crippen molar-refractivity contribution in [2.75, 3.05) is 16.8 Å². The number of carbonyl (C=O) groups excluding carboxylic acids is 1. The second-order valence-electron chi connectivity index (χ2n) is 6.15. The van der Waals surface area contributed by atoms with Gasteiger partial charge in [-0.3, -0.25) is 4.79 Å². The van der Waals surface area contributed by atoms with E-state index < -0.39 is 34.6 Å². The lowest BCUT2D eigenvalue weighted by molar-refractivity contribution is -0.137. The Bertz CT molecular complexity index is 1150. The molecule has 0 fully saturated rings. The summed E-state index contributed by atoms with van der Waals surface area (Å²) in [5.41, 5.74) is 8.99. The van der Waals surface area contributed by atoms with Crippen LogP contribution in [0.3, 0.4) is 0 Å². The number of nitrogens with one attached hydrogen (secondary N) is 1. The largest absolute Gasteiger partial charge is 0.417 e. The maximum absolute atomic E-state index is 13.7. The number of aromatic nitrogens is 1. The maximum Gasteiger partial charge on any atom is 0.417 e. The summed E-state index contributed by atoms with van der Waals surface area (Å²) >= 11 is 11.9. The van der Waals surface area contributed by atoms with Crippen molar-refractivity contribution in [2.45, 2.75) is 6.18 Å². The molecule has 0 radical (unpaired) electrons. The Balaban J connectivity index is 2.08. The van der Waals surface area contributed by atoms with E-state index in [1.165, 1.54) is 12.3 Å². The van der Waals surface area contributed by atoms with Gasteiger partial charge in [0.1, 0.15) is 11.6 Å². The van der Waals surface area contributed by atoms with Crippen LogP contribution in [0, 0.1) is 5.82 Å². The molecule has 2 aromatic carbocycles. The van der Waals surface area contributed by atoms with Crippen molar-refractivity contribution in [1.82, 2.24) is 4.98 Å². The minimum Gasteiger partial charge on any atom is -0.398 e. The third-order valence-electron chi connectivity index (χ3n) is 4.09. The number of halogens is 6. The van der Waals surface area contributed by atoms with Crippen LogP contribution in [-0.2, 0) is 6.18 Å². The highest BCUT2D eigenvalue weighted by molar-refractivity contribution is 6.35. The number of nitrogens with zero attached hydrogens (tertiary/aromatic N) is 1. The number of hydrogen-bond donors (Lipinski definition) is 3. The van der Waals surface area contributed by atoms with Gasteiger partial charge in [-0.05, 0) is 42.0 Å². The molecule has 0 aliphatic carbocycles. The summed E-state index contributed by atoms with van der Waals surface area (Å²) in [6, 6.07) is 5.81. The van der Waals surface area contributed by atoms with Crippen LogP contribution in [0.4, 0.5) is 34.8 Å². The second kappa shape index (κ2) is 8.00. The van der Waals surface area contributed by atoms with Crippen molar-refractivity contribution in [3.05, 3.63) is 69.6 Å². The summed E-state index contributed by atoms with van der Waals surface area (Å²) in [5.74, 6) is -1.61. The molecular weight excluding hydrogens is 447 g/mol. The molecule has 156 valence electrons. The number of anilines is 3. The number of carbonyl (C=O) groups is 1. The van der Waals surface area contributed by atoms with Crippen molar-refractivity contribution >= 4 is 46.3 Å². The summed E-state index contributed by atoms with van der Waals surface area (Å²) < 4.78 is 54.4. The molecule has 11 heteroatoms. The molecule has 1 amide bonds. The third kappa shape index (κ3) is 4.42. The molecule has 0 aliphatic heterocycles. The first-order valence-electron chi connectivity index (χ1n) is 8.16. The Morgan fingerprint density at radius 2 is 1.70 bits per heavy atom. The zero-order chi connectivity index (χ0) is 22.2. The van der Waals surface area contributed by atoms with E-state index in [4.69, 9.17) is 34.7 Å². The van der Waals surface area contributed by atoms with Crippen molar-refractivity contribution in [1.29, 1.82) is 0 Å². The molecule has 3 aromatic rings. The molecule has 0 atom stereocenters. The van der Waals surface area contributed by atoms with Gasteiger partial charge in [0.25, 0.3) is 5.91 Å².